The van der Waals surface area contributed by atoms with Crippen molar-refractivity contribution in [2.24, 2.45) is 0 Å². The molecule has 0 aliphatic carbocycles. The molecule has 2 heterocycles. The molecule has 2 aromatic heterocycles. The first-order valence-corrected chi connectivity index (χ1v) is 8.49. The minimum Gasteiger partial charge on any atom is -0.497 e. The van der Waals surface area contributed by atoms with E-state index in [2.05, 4.69) is 9.71 Å². The van der Waals surface area contributed by atoms with Crippen LogP contribution in [0.5, 0.6) is 5.75 Å². The number of sulfonamides is 1. The van der Waals surface area contributed by atoms with Gasteiger partial charge >= 0.3 is 0 Å². The summed E-state index contributed by atoms with van der Waals surface area (Å²) in [6.07, 6.45) is 3.69. The van der Waals surface area contributed by atoms with Gasteiger partial charge in [0.05, 0.1) is 24.2 Å². The zero-order chi connectivity index (χ0) is 14.9. The fourth-order valence-corrected chi connectivity index (χ4v) is 3.59. The topological polar surface area (TPSA) is 72.7 Å². The van der Waals surface area contributed by atoms with E-state index in [1.807, 2.05) is 22.2 Å². The highest BCUT2D eigenvalue weighted by Crippen LogP contribution is 2.16. The van der Waals surface area contributed by atoms with Crippen LogP contribution >= 0.6 is 11.3 Å². The lowest BCUT2D eigenvalue weighted by atomic mass is 10.3. The van der Waals surface area contributed by atoms with Crippen molar-refractivity contribution in [2.45, 2.75) is 11.4 Å². The SMILES string of the molecule is COc1ccc(S(=O)(=O)NCc2cn3ccsc3n2)cc1. The van der Waals surface area contributed by atoms with E-state index in [-0.39, 0.29) is 11.4 Å². The van der Waals surface area contributed by atoms with E-state index in [9.17, 15) is 8.42 Å². The van der Waals surface area contributed by atoms with Gasteiger partial charge in [0.1, 0.15) is 5.75 Å². The first kappa shape index (κ1) is 14.1. The first-order valence-electron chi connectivity index (χ1n) is 6.13. The van der Waals surface area contributed by atoms with Crippen molar-refractivity contribution in [1.29, 1.82) is 0 Å². The Hall–Kier alpha value is -1.90. The normalized spacial score (nSPS) is 11.9. The Bertz CT molecular complexity index is 822. The van der Waals surface area contributed by atoms with E-state index in [1.54, 1.807) is 12.1 Å². The van der Waals surface area contributed by atoms with Gasteiger partial charge in [-0.05, 0) is 24.3 Å². The number of thiazole rings is 1. The highest BCUT2D eigenvalue weighted by atomic mass is 32.2. The molecule has 0 bridgehead atoms. The third-order valence-electron chi connectivity index (χ3n) is 2.96. The second kappa shape index (κ2) is 5.47. The first-order chi connectivity index (χ1) is 10.1. The molecule has 0 radical (unpaired) electrons. The average Bonchev–Trinajstić information content (AvgIpc) is 3.06. The summed E-state index contributed by atoms with van der Waals surface area (Å²) in [6, 6.07) is 6.24. The lowest BCUT2D eigenvalue weighted by molar-refractivity contribution is 0.414. The summed E-state index contributed by atoms with van der Waals surface area (Å²) < 4.78 is 33.8. The van der Waals surface area contributed by atoms with Crippen LogP contribution in [0.15, 0.2) is 46.9 Å². The molecule has 1 aromatic carbocycles. The number of ether oxygens (including phenoxy) is 1. The van der Waals surface area contributed by atoms with Crippen LogP contribution in [-0.2, 0) is 16.6 Å². The van der Waals surface area contributed by atoms with E-state index < -0.39 is 10.0 Å². The molecule has 1 N–H and O–H groups in total. The maximum Gasteiger partial charge on any atom is 0.240 e. The minimum atomic E-state index is -3.56. The van der Waals surface area contributed by atoms with Gasteiger partial charge in [-0.25, -0.2) is 18.1 Å². The van der Waals surface area contributed by atoms with Crippen LogP contribution in [0.1, 0.15) is 5.69 Å². The van der Waals surface area contributed by atoms with Gasteiger partial charge < -0.3 is 4.74 Å². The molecule has 0 spiro atoms. The quantitative estimate of drug-likeness (QED) is 0.778. The molecule has 0 atom stereocenters. The predicted molar refractivity (Wildman–Crippen MR) is 80.1 cm³/mol. The second-order valence-electron chi connectivity index (χ2n) is 4.33. The number of hydrogen-bond donors (Lipinski definition) is 1. The zero-order valence-electron chi connectivity index (χ0n) is 11.2. The molecule has 0 amide bonds. The van der Waals surface area contributed by atoms with Gasteiger partial charge in [-0.1, -0.05) is 0 Å². The molecule has 8 heteroatoms. The summed E-state index contributed by atoms with van der Waals surface area (Å²) in [5.74, 6) is 0.614. The van der Waals surface area contributed by atoms with Crippen LogP contribution in [0.2, 0.25) is 0 Å². The average molecular weight is 323 g/mol. The summed E-state index contributed by atoms with van der Waals surface area (Å²) >= 11 is 1.50. The van der Waals surface area contributed by atoms with E-state index in [4.69, 9.17) is 4.74 Å². The Morgan fingerprint density at radius 3 is 2.76 bits per heavy atom. The van der Waals surface area contributed by atoms with Crippen molar-refractivity contribution in [1.82, 2.24) is 14.1 Å². The van der Waals surface area contributed by atoms with Crippen LogP contribution < -0.4 is 9.46 Å². The van der Waals surface area contributed by atoms with Crippen molar-refractivity contribution in [3.05, 3.63) is 47.7 Å². The standard InChI is InChI=1S/C13H13N3O3S2/c1-19-11-2-4-12(5-3-11)21(17,18)14-8-10-9-16-6-7-20-13(16)15-10/h2-7,9,14H,8H2,1H3. The van der Waals surface area contributed by atoms with E-state index in [1.165, 1.54) is 30.6 Å². The van der Waals surface area contributed by atoms with Crippen molar-refractivity contribution >= 4 is 26.3 Å². The number of rotatable bonds is 5. The van der Waals surface area contributed by atoms with Crippen molar-refractivity contribution in [3.8, 4) is 5.75 Å². The van der Waals surface area contributed by atoms with Crippen molar-refractivity contribution < 1.29 is 13.2 Å². The van der Waals surface area contributed by atoms with Crippen LogP contribution in [0.3, 0.4) is 0 Å². The fraction of sp³-hybridized carbons (Fsp3) is 0.154. The molecular weight excluding hydrogens is 310 g/mol. The lowest BCUT2D eigenvalue weighted by Crippen LogP contribution is -2.23. The van der Waals surface area contributed by atoms with Gasteiger partial charge in [0.25, 0.3) is 0 Å². The Morgan fingerprint density at radius 1 is 1.33 bits per heavy atom. The lowest BCUT2D eigenvalue weighted by Gasteiger charge is -2.06. The second-order valence-corrected chi connectivity index (χ2v) is 6.97. The number of imidazole rings is 1. The highest BCUT2D eigenvalue weighted by Gasteiger charge is 2.14. The highest BCUT2D eigenvalue weighted by molar-refractivity contribution is 7.89. The molecule has 6 nitrogen and oxygen atoms in total. The monoisotopic (exact) mass is 323 g/mol. The molecule has 3 aromatic rings. The molecule has 0 aliphatic heterocycles. The number of fused-ring (bicyclic) bond motifs is 1. The molecule has 110 valence electrons. The maximum atomic E-state index is 12.2. The van der Waals surface area contributed by atoms with Gasteiger partial charge in [0.15, 0.2) is 4.96 Å². The molecular formula is C13H13N3O3S2. The van der Waals surface area contributed by atoms with Crippen LogP contribution in [-0.4, -0.2) is 24.9 Å². The number of nitrogens with zero attached hydrogens (tertiary/aromatic N) is 2. The maximum absolute atomic E-state index is 12.2. The fourth-order valence-electron chi connectivity index (χ4n) is 1.87. The van der Waals surface area contributed by atoms with Gasteiger partial charge in [-0.2, -0.15) is 0 Å². The predicted octanol–water partition coefficient (Wildman–Crippen LogP) is 1.88. The Labute approximate surface area is 126 Å². The van der Waals surface area contributed by atoms with Gasteiger partial charge in [0, 0.05) is 17.8 Å². The summed E-state index contributed by atoms with van der Waals surface area (Å²) in [6.45, 7) is 0.156. The molecule has 0 saturated carbocycles. The minimum absolute atomic E-state index is 0.156. The zero-order valence-corrected chi connectivity index (χ0v) is 12.8. The van der Waals surface area contributed by atoms with Crippen LogP contribution in [0.4, 0.5) is 0 Å². The van der Waals surface area contributed by atoms with Crippen molar-refractivity contribution in [3.63, 3.8) is 0 Å². The summed E-state index contributed by atoms with van der Waals surface area (Å²) in [5.41, 5.74) is 0.680. The number of benzene rings is 1. The third-order valence-corrected chi connectivity index (χ3v) is 5.14. The Balaban J connectivity index is 1.74. The molecule has 3 rings (SSSR count). The molecule has 0 aliphatic rings. The molecule has 0 unspecified atom stereocenters. The van der Waals surface area contributed by atoms with Gasteiger partial charge in [-0.15, -0.1) is 11.3 Å². The smallest absolute Gasteiger partial charge is 0.240 e. The summed E-state index contributed by atoms with van der Waals surface area (Å²) in [4.78, 5) is 5.37. The molecule has 21 heavy (non-hydrogen) atoms. The Morgan fingerprint density at radius 2 is 2.10 bits per heavy atom. The Kier molecular flexibility index (Phi) is 3.66. The number of hydrogen-bond acceptors (Lipinski definition) is 5. The summed E-state index contributed by atoms with van der Waals surface area (Å²) in [7, 11) is -2.02. The molecule has 0 saturated heterocycles. The molecule has 0 fully saturated rings. The van der Waals surface area contributed by atoms with Gasteiger partial charge in [-0.3, -0.25) is 4.40 Å². The summed E-state index contributed by atoms with van der Waals surface area (Å²) in [5, 5.41) is 1.92. The number of methoxy groups -OCH3 is 1. The number of aromatic nitrogens is 2. The largest absolute Gasteiger partial charge is 0.497 e. The van der Waals surface area contributed by atoms with Crippen LogP contribution in [0.25, 0.3) is 4.96 Å². The van der Waals surface area contributed by atoms with E-state index in [0.29, 0.717) is 11.4 Å². The number of nitrogens with one attached hydrogen (secondary N) is 1. The van der Waals surface area contributed by atoms with Gasteiger partial charge in [0.2, 0.25) is 10.0 Å². The van der Waals surface area contributed by atoms with Crippen LogP contribution in [0, 0.1) is 0 Å². The third kappa shape index (κ3) is 2.92. The van der Waals surface area contributed by atoms with Crippen molar-refractivity contribution in [2.75, 3.05) is 7.11 Å². The van der Waals surface area contributed by atoms with E-state index >= 15 is 0 Å². The van der Waals surface area contributed by atoms with E-state index in [0.717, 1.165) is 4.96 Å².